The van der Waals surface area contributed by atoms with Crippen LogP contribution in [0.2, 0.25) is 0 Å². The average Bonchev–Trinajstić information content (AvgIpc) is 3.00. The van der Waals surface area contributed by atoms with Gasteiger partial charge in [0.15, 0.2) is 5.75 Å². The first-order valence-electron chi connectivity index (χ1n) is 8.14. The second-order valence-corrected chi connectivity index (χ2v) is 8.58. The van der Waals surface area contributed by atoms with Gasteiger partial charge in [0, 0.05) is 32.4 Å². The number of anilines is 1. The molecule has 11 heteroatoms. The predicted octanol–water partition coefficient (Wildman–Crippen LogP) is 2.00. The zero-order chi connectivity index (χ0) is 19.1. The fourth-order valence-corrected chi connectivity index (χ4v) is 4.73. The second-order valence-electron chi connectivity index (χ2n) is 6.61. The fraction of sp³-hybridized carbons (Fsp3) is 0.600. The molecule has 7 nitrogen and oxygen atoms in total. The van der Waals surface area contributed by atoms with Crippen molar-refractivity contribution >= 4 is 26.9 Å². The fourth-order valence-electron chi connectivity index (χ4n) is 3.37. The summed E-state index contributed by atoms with van der Waals surface area (Å²) in [5.74, 6) is -1.12. The summed E-state index contributed by atoms with van der Waals surface area (Å²) in [5.41, 5.74) is 0.645. The highest BCUT2D eigenvalue weighted by Gasteiger charge is 2.42. The van der Waals surface area contributed by atoms with E-state index < -0.39 is 22.0 Å². The minimum absolute atomic E-state index is 0.00794. The molecular weight excluding hydrogens is 371 g/mol. The molecule has 0 amide bonds. The number of hydrogen-bond acceptors (Lipinski definition) is 5. The molecule has 0 saturated carbocycles. The minimum Gasteiger partial charge on any atom is -0.354 e. The Hall–Kier alpha value is -1.88. The van der Waals surface area contributed by atoms with Crippen LogP contribution in [0.4, 0.5) is 19.0 Å². The smallest absolute Gasteiger partial charge is 0.354 e. The third-order valence-corrected chi connectivity index (χ3v) is 6.60. The van der Waals surface area contributed by atoms with E-state index in [1.165, 1.54) is 6.33 Å². The van der Waals surface area contributed by atoms with Crippen molar-refractivity contribution in [3.05, 3.63) is 18.6 Å². The molecule has 0 aliphatic carbocycles. The number of nitrogens with zero attached hydrogens (tertiary/aromatic N) is 4. The van der Waals surface area contributed by atoms with Crippen LogP contribution in [0.1, 0.15) is 13.3 Å². The molecule has 2 aromatic rings. The van der Waals surface area contributed by atoms with Crippen molar-refractivity contribution in [1.29, 1.82) is 0 Å². The van der Waals surface area contributed by atoms with Crippen molar-refractivity contribution in [2.75, 3.05) is 30.8 Å². The lowest BCUT2D eigenvalue weighted by Gasteiger charge is -2.41. The van der Waals surface area contributed by atoms with Crippen molar-refractivity contribution in [2.24, 2.45) is 5.92 Å². The number of piperidine rings is 1. The minimum atomic E-state index is -4.76. The standard InChI is InChI=1S/C15H20F3N5O2S/c1-10-4-6-23(26(24,25)8-15(16,17)18)7-12(10)22(2)14-11-3-5-19-13(11)20-9-21-14/h3,5,9-10,12H,4,6-8H2,1-2H3,(H,19,20,21)/t10-,12+/m1/s1. The van der Waals surface area contributed by atoms with Crippen LogP contribution in [-0.2, 0) is 10.0 Å². The van der Waals surface area contributed by atoms with Crippen LogP contribution in [0.5, 0.6) is 0 Å². The van der Waals surface area contributed by atoms with E-state index in [0.717, 1.165) is 9.69 Å². The van der Waals surface area contributed by atoms with E-state index >= 15 is 0 Å². The number of nitrogens with one attached hydrogen (secondary N) is 1. The molecule has 0 spiro atoms. The normalized spacial score (nSPS) is 22.7. The molecule has 26 heavy (non-hydrogen) atoms. The van der Waals surface area contributed by atoms with E-state index in [0.29, 0.717) is 17.9 Å². The lowest BCUT2D eigenvalue weighted by molar-refractivity contribution is -0.107. The molecule has 1 saturated heterocycles. The van der Waals surface area contributed by atoms with Crippen LogP contribution in [0.15, 0.2) is 18.6 Å². The summed E-state index contributed by atoms with van der Waals surface area (Å²) >= 11 is 0. The van der Waals surface area contributed by atoms with Gasteiger partial charge in [-0.25, -0.2) is 18.4 Å². The van der Waals surface area contributed by atoms with Gasteiger partial charge in [0.2, 0.25) is 10.0 Å². The molecule has 1 aliphatic rings. The number of fused-ring (bicyclic) bond motifs is 1. The first kappa shape index (κ1) is 18.9. The van der Waals surface area contributed by atoms with Crippen molar-refractivity contribution in [1.82, 2.24) is 19.3 Å². The van der Waals surface area contributed by atoms with Gasteiger partial charge in [-0.1, -0.05) is 6.92 Å². The number of halogens is 3. The summed E-state index contributed by atoms with van der Waals surface area (Å²) < 4.78 is 63.0. The maximum Gasteiger partial charge on any atom is 0.404 e. The van der Waals surface area contributed by atoms with Crippen molar-refractivity contribution in [3.8, 4) is 0 Å². The quantitative estimate of drug-likeness (QED) is 0.862. The molecular formula is C15H20F3N5O2S. The van der Waals surface area contributed by atoms with Gasteiger partial charge < -0.3 is 9.88 Å². The molecule has 0 unspecified atom stereocenters. The Morgan fingerprint density at radius 3 is 2.81 bits per heavy atom. The zero-order valence-electron chi connectivity index (χ0n) is 14.4. The summed E-state index contributed by atoms with van der Waals surface area (Å²) in [6, 6.07) is 1.52. The molecule has 2 aromatic heterocycles. The lowest BCUT2D eigenvalue weighted by atomic mass is 9.93. The van der Waals surface area contributed by atoms with Crippen molar-refractivity contribution < 1.29 is 21.6 Å². The molecule has 0 radical (unpaired) electrons. The van der Waals surface area contributed by atoms with Crippen LogP contribution in [0, 0.1) is 5.92 Å². The number of sulfonamides is 1. The Bertz CT molecular complexity index is 883. The number of likely N-dealkylation sites (N-methyl/N-ethyl adjacent to an activating group) is 1. The Morgan fingerprint density at radius 1 is 1.38 bits per heavy atom. The van der Waals surface area contributed by atoms with Gasteiger partial charge in [0.25, 0.3) is 0 Å². The maximum atomic E-state index is 12.6. The van der Waals surface area contributed by atoms with Crippen LogP contribution in [-0.4, -0.2) is 65.8 Å². The van der Waals surface area contributed by atoms with Gasteiger partial charge >= 0.3 is 6.18 Å². The van der Waals surface area contributed by atoms with Crippen LogP contribution < -0.4 is 4.90 Å². The maximum absolute atomic E-state index is 12.6. The Kier molecular flexibility index (Phi) is 4.86. The van der Waals surface area contributed by atoms with Crippen LogP contribution >= 0.6 is 0 Å². The highest BCUT2D eigenvalue weighted by atomic mass is 32.2. The van der Waals surface area contributed by atoms with Crippen LogP contribution in [0.25, 0.3) is 11.0 Å². The summed E-state index contributed by atoms with van der Waals surface area (Å²) in [6.07, 6.45) is -1.15. The van der Waals surface area contributed by atoms with E-state index in [9.17, 15) is 21.6 Å². The van der Waals surface area contributed by atoms with Crippen molar-refractivity contribution in [3.63, 3.8) is 0 Å². The van der Waals surface area contributed by atoms with Gasteiger partial charge in [-0.2, -0.15) is 17.5 Å². The Morgan fingerprint density at radius 2 is 2.12 bits per heavy atom. The number of aromatic amines is 1. The molecule has 3 rings (SSSR count). The summed E-state index contributed by atoms with van der Waals surface area (Å²) in [5, 5.41) is 0.775. The molecule has 0 bridgehead atoms. The van der Waals surface area contributed by atoms with E-state index in [2.05, 4.69) is 15.0 Å². The number of rotatable bonds is 4. The van der Waals surface area contributed by atoms with Crippen molar-refractivity contribution in [2.45, 2.75) is 25.6 Å². The first-order chi connectivity index (χ1) is 12.1. The molecule has 144 valence electrons. The highest BCUT2D eigenvalue weighted by Crippen LogP contribution is 2.30. The van der Waals surface area contributed by atoms with E-state index in [1.807, 2.05) is 17.9 Å². The number of alkyl halides is 3. The SMILES string of the molecule is C[C@@H]1CCN(S(=O)(=O)CC(F)(F)F)C[C@@H]1N(C)c1ncnc2[nH]ccc12. The Balaban J connectivity index is 1.86. The average molecular weight is 391 g/mol. The summed E-state index contributed by atoms with van der Waals surface area (Å²) in [6.45, 7) is 2.05. The molecule has 2 atom stereocenters. The second kappa shape index (κ2) is 6.69. The first-order valence-corrected chi connectivity index (χ1v) is 9.75. The Labute approximate surface area is 149 Å². The number of hydrogen-bond donors (Lipinski definition) is 1. The van der Waals surface area contributed by atoms with E-state index in [1.54, 1.807) is 13.2 Å². The van der Waals surface area contributed by atoms with Gasteiger partial charge in [-0.05, 0) is 18.4 Å². The third-order valence-electron chi connectivity index (χ3n) is 4.79. The van der Waals surface area contributed by atoms with E-state index in [4.69, 9.17) is 0 Å². The largest absolute Gasteiger partial charge is 0.404 e. The van der Waals surface area contributed by atoms with E-state index in [-0.39, 0.29) is 25.0 Å². The van der Waals surface area contributed by atoms with Gasteiger partial charge in [-0.3, -0.25) is 0 Å². The van der Waals surface area contributed by atoms with Gasteiger partial charge in [0.1, 0.15) is 17.8 Å². The highest BCUT2D eigenvalue weighted by molar-refractivity contribution is 7.89. The third kappa shape index (κ3) is 3.78. The summed E-state index contributed by atoms with van der Waals surface area (Å²) in [4.78, 5) is 13.2. The predicted molar refractivity (Wildman–Crippen MR) is 91.3 cm³/mol. The summed E-state index contributed by atoms with van der Waals surface area (Å²) in [7, 11) is -2.63. The molecule has 0 aromatic carbocycles. The molecule has 1 fully saturated rings. The lowest BCUT2D eigenvalue weighted by Crippen LogP contribution is -2.54. The molecule has 1 N–H and O–H groups in total. The van der Waals surface area contributed by atoms with Gasteiger partial charge in [0.05, 0.1) is 5.39 Å². The topological polar surface area (TPSA) is 82.2 Å². The number of aromatic nitrogens is 3. The molecule has 3 heterocycles. The molecule has 1 aliphatic heterocycles. The zero-order valence-corrected chi connectivity index (χ0v) is 15.2. The monoisotopic (exact) mass is 391 g/mol. The number of H-pyrrole nitrogens is 1. The van der Waals surface area contributed by atoms with Crippen LogP contribution in [0.3, 0.4) is 0 Å². The van der Waals surface area contributed by atoms with Gasteiger partial charge in [-0.15, -0.1) is 0 Å².